The van der Waals surface area contributed by atoms with E-state index in [0.717, 1.165) is 5.56 Å². The van der Waals surface area contributed by atoms with Crippen LogP contribution in [0.25, 0.3) is 0 Å². The Morgan fingerprint density at radius 2 is 2.00 bits per heavy atom. The minimum Gasteiger partial charge on any atom is -0.394 e. The van der Waals surface area contributed by atoms with Crippen LogP contribution < -0.4 is 11.1 Å². The van der Waals surface area contributed by atoms with Crippen molar-refractivity contribution in [3.05, 3.63) is 47.1 Å². The largest absolute Gasteiger partial charge is 0.394 e. The lowest BCUT2D eigenvalue weighted by Gasteiger charge is -2.16. The van der Waals surface area contributed by atoms with Crippen molar-refractivity contribution in [2.75, 3.05) is 11.1 Å². The number of nitrogens with one attached hydrogen (secondary N) is 1. The van der Waals surface area contributed by atoms with Gasteiger partial charge in [-0.3, -0.25) is 0 Å². The van der Waals surface area contributed by atoms with Gasteiger partial charge >= 0.3 is 0 Å². The third-order valence-corrected chi connectivity index (χ3v) is 2.69. The first-order valence-electron chi connectivity index (χ1n) is 5.36. The van der Waals surface area contributed by atoms with Gasteiger partial charge in [0, 0.05) is 0 Å². The van der Waals surface area contributed by atoms with Crippen molar-refractivity contribution in [3.8, 4) is 0 Å². The molecule has 0 spiro atoms. The zero-order valence-corrected chi connectivity index (χ0v) is 10.4. The van der Waals surface area contributed by atoms with E-state index in [0.29, 0.717) is 11.5 Å². The van der Waals surface area contributed by atoms with Gasteiger partial charge in [-0.25, -0.2) is 9.37 Å². The van der Waals surface area contributed by atoms with Crippen LogP contribution in [-0.4, -0.2) is 9.97 Å². The molecule has 0 aliphatic heterocycles. The first kappa shape index (κ1) is 12.6. The molecule has 18 heavy (non-hydrogen) atoms. The van der Waals surface area contributed by atoms with E-state index >= 15 is 0 Å². The topological polar surface area (TPSA) is 63.8 Å². The van der Waals surface area contributed by atoms with Crippen molar-refractivity contribution in [2.24, 2.45) is 0 Å². The minimum atomic E-state index is -0.268. The molecule has 2 rings (SSSR count). The number of hydrogen-bond acceptors (Lipinski definition) is 4. The Balaban J connectivity index is 2.18. The summed E-state index contributed by atoms with van der Waals surface area (Å²) in [4.78, 5) is 7.77. The van der Waals surface area contributed by atoms with Crippen LogP contribution in [0.2, 0.25) is 5.28 Å². The van der Waals surface area contributed by atoms with Crippen molar-refractivity contribution >= 4 is 23.1 Å². The predicted octanol–water partition coefficient (Wildman–Crippen LogP) is 3.02. The maximum absolute atomic E-state index is 12.8. The highest BCUT2D eigenvalue weighted by atomic mass is 35.5. The summed E-state index contributed by atoms with van der Waals surface area (Å²) in [5.74, 6) is 0.197. The van der Waals surface area contributed by atoms with E-state index in [4.69, 9.17) is 17.3 Å². The number of aromatic nitrogens is 2. The summed E-state index contributed by atoms with van der Waals surface area (Å²) in [5, 5.41) is 3.23. The molecular formula is C12H12ClFN4. The Bertz CT molecular complexity index is 544. The summed E-state index contributed by atoms with van der Waals surface area (Å²) >= 11 is 5.70. The van der Waals surface area contributed by atoms with Gasteiger partial charge in [0.05, 0.1) is 17.9 Å². The number of benzene rings is 1. The molecule has 1 aromatic carbocycles. The molecule has 0 aliphatic rings. The number of halogens is 2. The van der Waals surface area contributed by atoms with Crippen LogP contribution in [0, 0.1) is 5.82 Å². The second kappa shape index (κ2) is 5.18. The average Bonchev–Trinajstić information content (AvgIpc) is 2.34. The molecule has 1 atom stereocenters. The molecule has 0 radical (unpaired) electrons. The van der Waals surface area contributed by atoms with Crippen LogP contribution in [0.4, 0.5) is 15.9 Å². The van der Waals surface area contributed by atoms with Crippen LogP contribution in [0.3, 0.4) is 0 Å². The van der Waals surface area contributed by atoms with E-state index in [-0.39, 0.29) is 17.1 Å². The number of nitrogens with zero attached hydrogens (tertiary/aromatic N) is 2. The SMILES string of the molecule is CC(Nc1nc(Cl)ncc1N)c1ccc(F)cc1. The summed E-state index contributed by atoms with van der Waals surface area (Å²) < 4.78 is 12.8. The molecule has 0 saturated carbocycles. The van der Waals surface area contributed by atoms with Gasteiger partial charge in [0.15, 0.2) is 5.82 Å². The van der Waals surface area contributed by atoms with Crippen LogP contribution in [-0.2, 0) is 0 Å². The molecule has 3 N–H and O–H groups in total. The fourth-order valence-electron chi connectivity index (χ4n) is 1.53. The monoisotopic (exact) mass is 266 g/mol. The van der Waals surface area contributed by atoms with Gasteiger partial charge in [0.25, 0.3) is 0 Å². The lowest BCUT2D eigenvalue weighted by Crippen LogP contribution is -2.10. The minimum absolute atomic E-state index is 0.0705. The summed E-state index contributed by atoms with van der Waals surface area (Å²) in [6, 6.07) is 6.14. The molecule has 4 nitrogen and oxygen atoms in total. The van der Waals surface area contributed by atoms with Gasteiger partial charge in [-0.2, -0.15) is 4.98 Å². The van der Waals surface area contributed by atoms with E-state index < -0.39 is 0 Å². The summed E-state index contributed by atoms with van der Waals surface area (Å²) in [5.41, 5.74) is 7.07. The number of nitrogen functional groups attached to an aromatic ring is 1. The summed E-state index contributed by atoms with van der Waals surface area (Å²) in [6.07, 6.45) is 1.44. The lowest BCUT2D eigenvalue weighted by atomic mass is 10.1. The molecule has 1 unspecified atom stereocenters. The number of rotatable bonds is 3. The highest BCUT2D eigenvalue weighted by molar-refractivity contribution is 6.28. The second-order valence-corrected chi connectivity index (χ2v) is 4.20. The molecule has 0 fully saturated rings. The first-order chi connectivity index (χ1) is 8.56. The fraction of sp³-hybridized carbons (Fsp3) is 0.167. The molecule has 6 heteroatoms. The van der Waals surface area contributed by atoms with Crippen molar-refractivity contribution < 1.29 is 4.39 Å². The lowest BCUT2D eigenvalue weighted by molar-refractivity contribution is 0.626. The molecule has 0 bridgehead atoms. The number of nitrogens with two attached hydrogens (primary N) is 1. The first-order valence-corrected chi connectivity index (χ1v) is 5.74. The Morgan fingerprint density at radius 1 is 1.33 bits per heavy atom. The van der Waals surface area contributed by atoms with Crippen LogP contribution in [0.5, 0.6) is 0 Å². The smallest absolute Gasteiger partial charge is 0.224 e. The van der Waals surface area contributed by atoms with E-state index in [1.54, 1.807) is 12.1 Å². The normalized spacial score (nSPS) is 12.2. The van der Waals surface area contributed by atoms with Gasteiger partial charge < -0.3 is 11.1 Å². The van der Waals surface area contributed by atoms with Crippen molar-refractivity contribution in [3.63, 3.8) is 0 Å². The molecular weight excluding hydrogens is 255 g/mol. The van der Waals surface area contributed by atoms with Gasteiger partial charge in [-0.05, 0) is 36.2 Å². The van der Waals surface area contributed by atoms with E-state index in [9.17, 15) is 4.39 Å². The van der Waals surface area contributed by atoms with Crippen LogP contribution in [0.1, 0.15) is 18.5 Å². The van der Waals surface area contributed by atoms with E-state index in [1.807, 2.05) is 6.92 Å². The predicted molar refractivity (Wildman–Crippen MR) is 69.9 cm³/mol. The molecule has 0 saturated heterocycles. The standard InChI is InChI=1S/C12H12ClFN4/c1-7(8-2-4-9(14)5-3-8)17-11-10(15)6-16-12(13)18-11/h2-7H,15H2,1H3,(H,16,17,18). The number of hydrogen-bond donors (Lipinski definition) is 2. The zero-order chi connectivity index (χ0) is 13.1. The van der Waals surface area contributed by atoms with Gasteiger partial charge in [-0.1, -0.05) is 12.1 Å². The zero-order valence-electron chi connectivity index (χ0n) is 9.69. The van der Waals surface area contributed by atoms with E-state index in [2.05, 4.69) is 15.3 Å². The maximum Gasteiger partial charge on any atom is 0.224 e. The van der Waals surface area contributed by atoms with Gasteiger partial charge in [-0.15, -0.1) is 0 Å². The van der Waals surface area contributed by atoms with Crippen LogP contribution in [0.15, 0.2) is 30.5 Å². The highest BCUT2D eigenvalue weighted by Crippen LogP contribution is 2.22. The second-order valence-electron chi connectivity index (χ2n) is 3.86. The molecule has 0 aliphatic carbocycles. The van der Waals surface area contributed by atoms with Crippen LogP contribution >= 0.6 is 11.6 Å². The molecule has 1 aromatic heterocycles. The Hall–Kier alpha value is -1.88. The highest BCUT2D eigenvalue weighted by Gasteiger charge is 2.09. The third-order valence-electron chi connectivity index (χ3n) is 2.51. The van der Waals surface area contributed by atoms with Gasteiger partial charge in [0.2, 0.25) is 5.28 Å². The van der Waals surface area contributed by atoms with Gasteiger partial charge in [0.1, 0.15) is 5.82 Å². The Kier molecular flexibility index (Phi) is 3.62. The summed E-state index contributed by atoms with van der Waals surface area (Å²) in [7, 11) is 0. The third kappa shape index (κ3) is 2.87. The fourth-order valence-corrected chi connectivity index (χ4v) is 1.66. The number of anilines is 2. The summed E-state index contributed by atoms with van der Waals surface area (Å²) in [6.45, 7) is 1.92. The Labute approximate surface area is 109 Å². The molecule has 2 aromatic rings. The van der Waals surface area contributed by atoms with E-state index in [1.165, 1.54) is 18.3 Å². The Morgan fingerprint density at radius 3 is 2.67 bits per heavy atom. The molecule has 94 valence electrons. The average molecular weight is 267 g/mol. The maximum atomic E-state index is 12.8. The van der Waals surface area contributed by atoms with Crippen molar-refractivity contribution in [1.29, 1.82) is 0 Å². The van der Waals surface area contributed by atoms with Crippen molar-refractivity contribution in [2.45, 2.75) is 13.0 Å². The quantitative estimate of drug-likeness (QED) is 0.838. The molecule has 0 amide bonds. The molecule has 1 heterocycles. The van der Waals surface area contributed by atoms with Crippen molar-refractivity contribution in [1.82, 2.24) is 9.97 Å².